The van der Waals surface area contributed by atoms with Gasteiger partial charge < -0.3 is 0 Å². The van der Waals surface area contributed by atoms with Crippen LogP contribution in [0.4, 0.5) is 11.4 Å². The van der Waals surface area contributed by atoms with E-state index in [4.69, 9.17) is 23.2 Å². The molecule has 0 saturated carbocycles. The van der Waals surface area contributed by atoms with Crippen LogP contribution in [0, 0.1) is 13.8 Å². The Bertz CT molecular complexity index is 1310. The maximum Gasteiger partial charge on any atom is 0.263 e. The zero-order valence-electron chi connectivity index (χ0n) is 16.0. The Hall–Kier alpha value is -2.26. The van der Waals surface area contributed by atoms with Crippen molar-refractivity contribution in [1.82, 2.24) is 0 Å². The van der Waals surface area contributed by atoms with E-state index in [1.165, 1.54) is 42.5 Å². The van der Waals surface area contributed by atoms with Crippen molar-refractivity contribution < 1.29 is 16.8 Å². The summed E-state index contributed by atoms with van der Waals surface area (Å²) in [7, 11) is -7.85. The molecular formula is C20H18Cl2N2O4S2. The third kappa shape index (κ3) is 5.07. The highest BCUT2D eigenvalue weighted by atomic mass is 35.5. The zero-order chi connectivity index (χ0) is 22.1. The lowest BCUT2D eigenvalue weighted by atomic mass is 10.1. The van der Waals surface area contributed by atoms with Crippen LogP contribution in [-0.4, -0.2) is 16.8 Å². The molecule has 0 saturated heterocycles. The van der Waals surface area contributed by atoms with E-state index >= 15 is 0 Å². The van der Waals surface area contributed by atoms with Crippen molar-refractivity contribution in [2.75, 3.05) is 9.44 Å². The summed E-state index contributed by atoms with van der Waals surface area (Å²) in [4.78, 5) is -0.183. The standard InChI is InChI=1S/C20H18Cl2N2O4S2/c1-13-3-4-14(2)19(11-13)24-29(25,26)17-8-6-16(7-9-17)23-30(27,28)20-12-15(21)5-10-18(20)22/h3-12,23-24H,1-2H3. The molecular weight excluding hydrogens is 467 g/mol. The van der Waals surface area contributed by atoms with Crippen LogP contribution in [0.5, 0.6) is 0 Å². The van der Waals surface area contributed by atoms with Crippen LogP contribution in [0.3, 0.4) is 0 Å². The molecule has 2 N–H and O–H groups in total. The van der Waals surface area contributed by atoms with Crippen LogP contribution in [0.25, 0.3) is 0 Å². The van der Waals surface area contributed by atoms with Crippen molar-refractivity contribution in [3.63, 3.8) is 0 Å². The number of anilines is 2. The van der Waals surface area contributed by atoms with E-state index in [1.54, 1.807) is 13.0 Å². The summed E-state index contributed by atoms with van der Waals surface area (Å²) in [5.41, 5.74) is 2.36. The molecule has 3 aromatic rings. The molecule has 10 heteroatoms. The number of benzene rings is 3. The highest BCUT2D eigenvalue weighted by Gasteiger charge is 2.20. The van der Waals surface area contributed by atoms with Gasteiger partial charge >= 0.3 is 0 Å². The van der Waals surface area contributed by atoms with Crippen LogP contribution in [-0.2, 0) is 20.0 Å². The van der Waals surface area contributed by atoms with Gasteiger partial charge in [-0.05, 0) is 73.5 Å². The highest BCUT2D eigenvalue weighted by molar-refractivity contribution is 7.93. The molecule has 0 radical (unpaired) electrons. The van der Waals surface area contributed by atoms with Gasteiger partial charge in [-0.3, -0.25) is 9.44 Å². The molecule has 3 rings (SSSR count). The molecule has 158 valence electrons. The van der Waals surface area contributed by atoms with Crippen molar-refractivity contribution in [3.05, 3.63) is 81.8 Å². The maximum atomic E-state index is 12.7. The minimum Gasteiger partial charge on any atom is -0.280 e. The first-order valence-electron chi connectivity index (χ1n) is 8.66. The van der Waals surface area contributed by atoms with Crippen LogP contribution in [0.2, 0.25) is 10.0 Å². The van der Waals surface area contributed by atoms with Crippen molar-refractivity contribution in [2.45, 2.75) is 23.6 Å². The minimum atomic E-state index is -4.01. The fourth-order valence-corrected chi connectivity index (χ4v) is 5.59. The van der Waals surface area contributed by atoms with Gasteiger partial charge in [-0.1, -0.05) is 35.3 Å². The van der Waals surface area contributed by atoms with Gasteiger partial charge in [0.2, 0.25) is 0 Å². The smallest absolute Gasteiger partial charge is 0.263 e. The van der Waals surface area contributed by atoms with Gasteiger partial charge in [0.1, 0.15) is 4.90 Å². The molecule has 0 aliphatic carbocycles. The van der Waals surface area contributed by atoms with Gasteiger partial charge in [0.25, 0.3) is 20.0 Å². The zero-order valence-corrected chi connectivity index (χ0v) is 19.1. The van der Waals surface area contributed by atoms with Crippen LogP contribution in [0.1, 0.15) is 11.1 Å². The normalized spacial score (nSPS) is 11.9. The van der Waals surface area contributed by atoms with Crippen LogP contribution >= 0.6 is 23.2 Å². The van der Waals surface area contributed by atoms with Crippen LogP contribution < -0.4 is 9.44 Å². The second-order valence-corrected chi connectivity index (χ2v) is 10.8. The topological polar surface area (TPSA) is 92.3 Å². The summed E-state index contributed by atoms with van der Waals surface area (Å²) in [6.45, 7) is 3.67. The summed E-state index contributed by atoms with van der Waals surface area (Å²) in [6.07, 6.45) is 0. The average molecular weight is 485 g/mol. The Morgan fingerprint density at radius 2 is 1.40 bits per heavy atom. The predicted molar refractivity (Wildman–Crippen MR) is 120 cm³/mol. The largest absolute Gasteiger partial charge is 0.280 e. The Kier molecular flexibility index (Phi) is 6.33. The molecule has 0 heterocycles. The van der Waals surface area contributed by atoms with Gasteiger partial charge in [-0.25, -0.2) is 16.8 Å². The molecule has 0 spiro atoms. The van der Waals surface area contributed by atoms with E-state index in [1.807, 2.05) is 19.1 Å². The lowest BCUT2D eigenvalue weighted by Crippen LogP contribution is -2.15. The quantitative estimate of drug-likeness (QED) is 0.501. The summed E-state index contributed by atoms with van der Waals surface area (Å²) < 4.78 is 55.4. The van der Waals surface area contributed by atoms with E-state index < -0.39 is 20.0 Å². The number of hydrogen-bond donors (Lipinski definition) is 2. The third-order valence-corrected chi connectivity index (χ3v) is 7.72. The average Bonchev–Trinajstić information content (AvgIpc) is 2.66. The molecule has 0 amide bonds. The SMILES string of the molecule is Cc1ccc(C)c(NS(=O)(=O)c2ccc(NS(=O)(=O)c3cc(Cl)ccc3Cl)cc2)c1. The van der Waals surface area contributed by atoms with Gasteiger partial charge in [0, 0.05) is 10.7 Å². The monoisotopic (exact) mass is 484 g/mol. The number of rotatable bonds is 6. The first kappa shape index (κ1) is 22.4. The molecule has 0 atom stereocenters. The molecule has 0 unspecified atom stereocenters. The lowest BCUT2D eigenvalue weighted by molar-refractivity contribution is 0.600. The molecule has 0 aliphatic heterocycles. The molecule has 0 bridgehead atoms. The summed E-state index contributed by atoms with van der Waals surface area (Å²) in [5.74, 6) is 0. The highest BCUT2D eigenvalue weighted by Crippen LogP contribution is 2.27. The molecule has 0 aromatic heterocycles. The van der Waals surface area contributed by atoms with Gasteiger partial charge in [0.15, 0.2) is 0 Å². The van der Waals surface area contributed by atoms with E-state index in [0.29, 0.717) is 5.69 Å². The first-order chi connectivity index (χ1) is 14.0. The van der Waals surface area contributed by atoms with Gasteiger partial charge in [-0.15, -0.1) is 0 Å². The number of halogens is 2. The second kappa shape index (κ2) is 8.47. The number of hydrogen-bond acceptors (Lipinski definition) is 4. The van der Waals surface area contributed by atoms with E-state index in [9.17, 15) is 16.8 Å². The van der Waals surface area contributed by atoms with E-state index in [2.05, 4.69) is 9.44 Å². The second-order valence-electron chi connectivity index (χ2n) is 6.63. The number of sulfonamides is 2. The predicted octanol–water partition coefficient (Wildman–Crippen LogP) is 5.21. The van der Waals surface area contributed by atoms with E-state index in [0.717, 1.165) is 11.1 Å². The first-order valence-corrected chi connectivity index (χ1v) is 12.4. The minimum absolute atomic E-state index is 0.00728. The maximum absolute atomic E-state index is 12.7. The molecule has 3 aromatic carbocycles. The molecule has 30 heavy (non-hydrogen) atoms. The molecule has 0 aliphatic rings. The Labute approximate surface area is 186 Å². The van der Waals surface area contributed by atoms with Crippen molar-refractivity contribution in [2.24, 2.45) is 0 Å². The summed E-state index contributed by atoms with van der Waals surface area (Å²) >= 11 is 11.8. The Morgan fingerprint density at radius 1 is 0.733 bits per heavy atom. The Balaban J connectivity index is 1.84. The molecule has 0 fully saturated rings. The number of aryl methyl sites for hydroxylation is 2. The van der Waals surface area contributed by atoms with Crippen LogP contribution in [0.15, 0.2) is 70.5 Å². The fraction of sp³-hybridized carbons (Fsp3) is 0.100. The van der Waals surface area contributed by atoms with Gasteiger partial charge in [0.05, 0.1) is 15.6 Å². The van der Waals surface area contributed by atoms with Crippen molar-refractivity contribution in [3.8, 4) is 0 Å². The summed E-state index contributed by atoms with van der Waals surface area (Å²) in [6, 6.07) is 14.9. The van der Waals surface area contributed by atoms with Crippen molar-refractivity contribution >= 4 is 54.6 Å². The lowest BCUT2D eigenvalue weighted by Gasteiger charge is -2.13. The molecule has 6 nitrogen and oxygen atoms in total. The number of nitrogens with one attached hydrogen (secondary N) is 2. The van der Waals surface area contributed by atoms with Gasteiger partial charge in [-0.2, -0.15) is 0 Å². The summed E-state index contributed by atoms with van der Waals surface area (Å²) in [5, 5.41) is 0.238. The Morgan fingerprint density at radius 3 is 2.07 bits per heavy atom. The van der Waals surface area contributed by atoms with E-state index in [-0.39, 0.29) is 25.5 Å². The fourth-order valence-electron chi connectivity index (χ4n) is 2.64. The van der Waals surface area contributed by atoms with Crippen molar-refractivity contribution in [1.29, 1.82) is 0 Å². The third-order valence-electron chi connectivity index (χ3n) is 4.24.